The van der Waals surface area contributed by atoms with Gasteiger partial charge in [0.05, 0.1) is 6.26 Å². The molecule has 0 bridgehead atoms. The van der Waals surface area contributed by atoms with Gasteiger partial charge in [0.2, 0.25) is 0 Å². The third-order valence-corrected chi connectivity index (χ3v) is 5.14. The van der Waals surface area contributed by atoms with Crippen LogP contribution in [0.15, 0.2) is 27.8 Å². The molecule has 1 atom stereocenters. The lowest BCUT2D eigenvalue weighted by Crippen LogP contribution is -2.48. The van der Waals surface area contributed by atoms with Gasteiger partial charge in [0.15, 0.2) is 5.96 Å². The number of ether oxygens (including phenoxy) is 1. The van der Waals surface area contributed by atoms with E-state index in [1.54, 1.807) is 6.26 Å². The Labute approximate surface area is 181 Å². The molecule has 0 amide bonds. The van der Waals surface area contributed by atoms with E-state index in [-0.39, 0.29) is 24.0 Å². The van der Waals surface area contributed by atoms with Crippen LogP contribution in [0.25, 0.3) is 0 Å². The van der Waals surface area contributed by atoms with Crippen LogP contribution in [-0.4, -0.2) is 57.7 Å². The predicted molar refractivity (Wildman–Crippen MR) is 122 cm³/mol. The van der Waals surface area contributed by atoms with Crippen LogP contribution in [0.3, 0.4) is 0 Å². The Morgan fingerprint density at radius 2 is 2.07 bits per heavy atom. The van der Waals surface area contributed by atoms with Crippen LogP contribution in [-0.2, 0) is 11.3 Å². The lowest BCUT2D eigenvalue weighted by Gasteiger charge is -2.35. The molecule has 1 aromatic heterocycles. The summed E-state index contributed by atoms with van der Waals surface area (Å²) in [6, 6.07) is 4.37. The van der Waals surface area contributed by atoms with Crippen LogP contribution in [0.1, 0.15) is 44.3 Å². The van der Waals surface area contributed by atoms with Gasteiger partial charge in [-0.1, -0.05) is 19.3 Å². The zero-order valence-corrected chi connectivity index (χ0v) is 19.4. The van der Waals surface area contributed by atoms with Crippen molar-refractivity contribution in [1.82, 2.24) is 15.5 Å². The predicted octanol–water partition coefficient (Wildman–Crippen LogP) is 3.48. The molecule has 1 aliphatic rings. The van der Waals surface area contributed by atoms with Crippen molar-refractivity contribution < 1.29 is 9.15 Å². The summed E-state index contributed by atoms with van der Waals surface area (Å²) in [5.74, 6) is 2.53. The number of nitrogens with zero attached hydrogens (tertiary/aromatic N) is 2. The number of guanidine groups is 1. The van der Waals surface area contributed by atoms with Gasteiger partial charge >= 0.3 is 0 Å². The van der Waals surface area contributed by atoms with Crippen molar-refractivity contribution in [2.24, 2.45) is 10.9 Å². The summed E-state index contributed by atoms with van der Waals surface area (Å²) in [6.07, 6.45) is 9.45. The quantitative estimate of drug-likeness (QED) is 0.227. The second-order valence-corrected chi connectivity index (χ2v) is 7.29. The molecule has 1 aromatic rings. The maximum Gasteiger partial charge on any atom is 0.191 e. The summed E-state index contributed by atoms with van der Waals surface area (Å²) >= 11 is 0. The topological polar surface area (TPSA) is 62.0 Å². The molecule has 2 N–H and O–H groups in total. The molecular weight excluding hydrogens is 455 g/mol. The molecule has 27 heavy (non-hydrogen) atoms. The maximum atomic E-state index is 5.60. The van der Waals surface area contributed by atoms with Crippen molar-refractivity contribution in [3.05, 3.63) is 24.2 Å². The average Bonchev–Trinajstić information content (AvgIpc) is 3.17. The first kappa shape index (κ1) is 24.2. The third-order valence-electron chi connectivity index (χ3n) is 5.14. The molecule has 6 nitrogen and oxygen atoms in total. The van der Waals surface area contributed by atoms with Crippen molar-refractivity contribution in [3.63, 3.8) is 0 Å². The normalized spacial score (nSPS) is 16.8. The van der Waals surface area contributed by atoms with Crippen molar-refractivity contribution in [3.8, 4) is 0 Å². The van der Waals surface area contributed by atoms with E-state index in [9.17, 15) is 0 Å². The van der Waals surface area contributed by atoms with E-state index in [0.29, 0.717) is 19.3 Å². The molecular formula is C20H37IN4O2. The molecule has 0 aromatic carbocycles. The van der Waals surface area contributed by atoms with Crippen LogP contribution in [0, 0.1) is 5.92 Å². The minimum atomic E-state index is 0. The highest BCUT2D eigenvalue weighted by molar-refractivity contribution is 14.0. The number of aliphatic imine (C=N–C) groups is 1. The molecule has 0 saturated heterocycles. The van der Waals surface area contributed by atoms with Gasteiger partial charge in [0, 0.05) is 32.8 Å². The van der Waals surface area contributed by atoms with Gasteiger partial charge in [0.1, 0.15) is 12.4 Å². The highest BCUT2D eigenvalue weighted by atomic mass is 127. The minimum absolute atomic E-state index is 0. The summed E-state index contributed by atoms with van der Waals surface area (Å²) in [6.45, 7) is 3.01. The zero-order valence-electron chi connectivity index (χ0n) is 17.1. The number of nitrogens with one attached hydrogen (secondary N) is 2. The molecule has 7 heteroatoms. The van der Waals surface area contributed by atoms with Crippen molar-refractivity contribution in [2.75, 3.05) is 40.8 Å². The van der Waals surface area contributed by atoms with Gasteiger partial charge in [-0.25, -0.2) is 0 Å². The average molecular weight is 492 g/mol. The second kappa shape index (κ2) is 14.2. The van der Waals surface area contributed by atoms with Gasteiger partial charge in [-0.3, -0.25) is 4.99 Å². The number of halogens is 1. The molecule has 1 heterocycles. The SMILES string of the molecule is CN=C(NCCCOCc1ccco1)NCC(C1CCCCC1)N(C)C.I. The maximum absolute atomic E-state index is 5.60. The zero-order chi connectivity index (χ0) is 18.6. The Morgan fingerprint density at radius 1 is 1.30 bits per heavy atom. The summed E-state index contributed by atoms with van der Waals surface area (Å²) < 4.78 is 10.8. The van der Waals surface area contributed by atoms with Crippen LogP contribution in [0.5, 0.6) is 0 Å². The van der Waals surface area contributed by atoms with E-state index in [1.807, 2.05) is 19.2 Å². The lowest BCUT2D eigenvalue weighted by molar-refractivity contribution is 0.105. The summed E-state index contributed by atoms with van der Waals surface area (Å²) in [5, 5.41) is 6.88. The molecule has 1 saturated carbocycles. The van der Waals surface area contributed by atoms with Gasteiger partial charge < -0.3 is 24.7 Å². The molecule has 1 aliphatic carbocycles. The smallest absolute Gasteiger partial charge is 0.191 e. The molecule has 156 valence electrons. The number of furan rings is 1. The fourth-order valence-corrected chi connectivity index (χ4v) is 3.66. The monoisotopic (exact) mass is 492 g/mol. The lowest BCUT2D eigenvalue weighted by atomic mass is 9.83. The van der Waals surface area contributed by atoms with E-state index in [2.05, 4.69) is 34.6 Å². The van der Waals surface area contributed by atoms with Gasteiger partial charge in [-0.05, 0) is 51.4 Å². The molecule has 1 fully saturated rings. The molecule has 0 spiro atoms. The van der Waals surface area contributed by atoms with E-state index < -0.39 is 0 Å². The number of hydrogen-bond donors (Lipinski definition) is 2. The largest absolute Gasteiger partial charge is 0.467 e. The van der Waals surface area contributed by atoms with Crippen molar-refractivity contribution >= 4 is 29.9 Å². The Kier molecular flexibility index (Phi) is 12.8. The first-order chi connectivity index (χ1) is 12.7. The van der Waals surface area contributed by atoms with E-state index in [0.717, 1.165) is 37.1 Å². The molecule has 2 rings (SSSR count). The summed E-state index contributed by atoms with van der Waals surface area (Å²) in [7, 11) is 6.20. The second-order valence-electron chi connectivity index (χ2n) is 7.29. The summed E-state index contributed by atoms with van der Waals surface area (Å²) in [4.78, 5) is 6.70. The first-order valence-electron chi connectivity index (χ1n) is 9.91. The van der Waals surface area contributed by atoms with Gasteiger partial charge in [-0.2, -0.15) is 0 Å². The first-order valence-corrected chi connectivity index (χ1v) is 9.91. The summed E-state index contributed by atoms with van der Waals surface area (Å²) in [5.41, 5.74) is 0. The Morgan fingerprint density at radius 3 is 2.70 bits per heavy atom. The number of rotatable bonds is 10. The van der Waals surface area contributed by atoms with Gasteiger partial charge in [-0.15, -0.1) is 24.0 Å². The van der Waals surface area contributed by atoms with Gasteiger partial charge in [0.25, 0.3) is 0 Å². The van der Waals surface area contributed by atoms with Crippen LogP contribution in [0.4, 0.5) is 0 Å². The molecule has 0 radical (unpaired) electrons. The Bertz CT molecular complexity index is 502. The van der Waals surface area contributed by atoms with Crippen molar-refractivity contribution in [1.29, 1.82) is 0 Å². The number of hydrogen-bond acceptors (Lipinski definition) is 4. The standard InChI is InChI=1S/C20H36N4O2.HI/c1-21-20(22-12-8-13-25-16-18-11-7-14-26-18)23-15-19(24(2)3)17-9-5-4-6-10-17;/h7,11,14,17,19H,4-6,8-10,12-13,15-16H2,1-3H3,(H2,21,22,23);1H. The van der Waals surface area contributed by atoms with Crippen LogP contribution < -0.4 is 10.6 Å². The minimum Gasteiger partial charge on any atom is -0.467 e. The van der Waals surface area contributed by atoms with E-state index >= 15 is 0 Å². The van der Waals surface area contributed by atoms with Crippen molar-refractivity contribution in [2.45, 2.75) is 51.2 Å². The van der Waals surface area contributed by atoms with Crippen LogP contribution in [0.2, 0.25) is 0 Å². The Balaban J connectivity index is 0.00000364. The van der Waals surface area contributed by atoms with E-state index in [1.165, 1.54) is 32.1 Å². The fraction of sp³-hybridized carbons (Fsp3) is 0.750. The third kappa shape index (κ3) is 9.30. The molecule has 1 unspecified atom stereocenters. The Hall–Kier alpha value is -0.800. The van der Waals surface area contributed by atoms with E-state index in [4.69, 9.17) is 9.15 Å². The number of likely N-dealkylation sites (N-methyl/N-ethyl adjacent to an activating group) is 1. The fourth-order valence-electron chi connectivity index (χ4n) is 3.66. The highest BCUT2D eigenvalue weighted by Crippen LogP contribution is 2.27. The molecule has 0 aliphatic heterocycles. The highest BCUT2D eigenvalue weighted by Gasteiger charge is 2.25. The van der Waals surface area contributed by atoms with Crippen LogP contribution >= 0.6 is 24.0 Å².